The smallest absolute Gasteiger partial charge is 0.312 e. The molecular weight excluding hydrogens is 396 g/mol. The minimum Gasteiger partial charge on any atom is -0.508 e. The molecule has 4 aromatic rings. The molecule has 1 unspecified atom stereocenters. The van der Waals surface area contributed by atoms with Crippen LogP contribution in [-0.2, 0) is 4.79 Å². The van der Waals surface area contributed by atoms with E-state index in [4.69, 9.17) is 9.15 Å². The highest BCUT2D eigenvalue weighted by Crippen LogP contribution is 2.45. The van der Waals surface area contributed by atoms with Crippen LogP contribution in [0.3, 0.4) is 0 Å². The molecule has 6 nitrogen and oxygen atoms in total. The number of rotatable bonds is 2. The van der Waals surface area contributed by atoms with Crippen molar-refractivity contribution in [2.75, 3.05) is 0 Å². The SMILES string of the molecule is Cc1ccc(C2CC(=O)Oc3cc(O)c4c(=O)c(-c5ccc(O)cc5)coc4c32)cc1. The lowest BCUT2D eigenvalue weighted by atomic mass is 9.84. The van der Waals surface area contributed by atoms with Gasteiger partial charge in [0.2, 0.25) is 5.43 Å². The van der Waals surface area contributed by atoms with E-state index in [1.807, 2.05) is 31.2 Å². The van der Waals surface area contributed by atoms with Crippen LogP contribution < -0.4 is 10.2 Å². The molecule has 154 valence electrons. The maximum atomic E-state index is 13.3. The minimum absolute atomic E-state index is 0.0272. The number of aromatic hydroxyl groups is 2. The number of benzene rings is 3. The van der Waals surface area contributed by atoms with E-state index in [1.165, 1.54) is 24.5 Å². The second kappa shape index (κ2) is 7.02. The van der Waals surface area contributed by atoms with E-state index < -0.39 is 11.4 Å². The molecule has 2 N–H and O–H groups in total. The Bertz CT molecular complexity index is 1380. The third-order valence-electron chi connectivity index (χ3n) is 5.63. The molecule has 0 fully saturated rings. The molecule has 0 spiro atoms. The summed E-state index contributed by atoms with van der Waals surface area (Å²) in [6, 6.07) is 15.2. The minimum atomic E-state index is -0.417. The molecule has 0 saturated carbocycles. The molecule has 1 aliphatic rings. The molecule has 2 heterocycles. The number of esters is 1. The first-order valence-electron chi connectivity index (χ1n) is 9.80. The fraction of sp³-hybridized carbons (Fsp3) is 0.120. The number of carbonyl (C=O) groups is 1. The van der Waals surface area contributed by atoms with Gasteiger partial charge in [0.25, 0.3) is 0 Å². The van der Waals surface area contributed by atoms with Crippen LogP contribution in [0.15, 0.2) is 70.1 Å². The van der Waals surface area contributed by atoms with Crippen molar-refractivity contribution in [1.82, 2.24) is 0 Å². The lowest BCUT2D eigenvalue weighted by Gasteiger charge is -2.26. The summed E-state index contributed by atoms with van der Waals surface area (Å²) in [7, 11) is 0. The largest absolute Gasteiger partial charge is 0.508 e. The van der Waals surface area contributed by atoms with Gasteiger partial charge in [-0.05, 0) is 30.2 Å². The summed E-state index contributed by atoms with van der Waals surface area (Å²) in [6.07, 6.45) is 1.43. The van der Waals surface area contributed by atoms with Crippen LogP contribution in [0.25, 0.3) is 22.1 Å². The van der Waals surface area contributed by atoms with E-state index in [2.05, 4.69) is 0 Å². The Hall–Kier alpha value is -4.06. The first-order chi connectivity index (χ1) is 14.9. The van der Waals surface area contributed by atoms with E-state index in [0.717, 1.165) is 11.1 Å². The number of carbonyl (C=O) groups excluding carboxylic acids is 1. The van der Waals surface area contributed by atoms with E-state index in [9.17, 15) is 19.8 Å². The molecule has 1 atom stereocenters. The second-order valence-electron chi connectivity index (χ2n) is 7.68. The molecule has 1 aromatic heterocycles. The van der Waals surface area contributed by atoms with Crippen molar-refractivity contribution in [3.05, 3.63) is 87.8 Å². The predicted octanol–water partition coefficient (Wildman–Crippen LogP) is 4.62. The number of aryl methyl sites for hydroxylation is 1. The second-order valence-corrected chi connectivity index (χ2v) is 7.68. The van der Waals surface area contributed by atoms with Crippen molar-refractivity contribution < 1.29 is 24.2 Å². The number of hydrogen-bond donors (Lipinski definition) is 2. The van der Waals surface area contributed by atoms with Gasteiger partial charge in [-0.3, -0.25) is 9.59 Å². The van der Waals surface area contributed by atoms with E-state index in [1.54, 1.807) is 12.1 Å². The molecule has 31 heavy (non-hydrogen) atoms. The van der Waals surface area contributed by atoms with Gasteiger partial charge in [-0.25, -0.2) is 0 Å². The van der Waals surface area contributed by atoms with E-state index in [0.29, 0.717) is 11.1 Å². The van der Waals surface area contributed by atoms with Gasteiger partial charge in [-0.15, -0.1) is 0 Å². The molecule has 5 rings (SSSR count). The highest BCUT2D eigenvalue weighted by Gasteiger charge is 2.33. The quantitative estimate of drug-likeness (QED) is 0.367. The molecule has 0 saturated heterocycles. The highest BCUT2D eigenvalue weighted by molar-refractivity contribution is 5.94. The summed E-state index contributed by atoms with van der Waals surface area (Å²) in [5.74, 6) is -0.844. The Morgan fingerprint density at radius 1 is 0.968 bits per heavy atom. The summed E-state index contributed by atoms with van der Waals surface area (Å²) < 4.78 is 11.3. The number of phenolic OH excluding ortho intramolecular Hbond substituents is 2. The van der Waals surface area contributed by atoms with Crippen molar-refractivity contribution >= 4 is 16.9 Å². The third-order valence-corrected chi connectivity index (χ3v) is 5.63. The van der Waals surface area contributed by atoms with Crippen molar-refractivity contribution in [3.63, 3.8) is 0 Å². The zero-order valence-corrected chi connectivity index (χ0v) is 16.6. The highest BCUT2D eigenvalue weighted by atomic mass is 16.5. The molecule has 3 aromatic carbocycles. The van der Waals surface area contributed by atoms with Gasteiger partial charge in [0.05, 0.1) is 12.0 Å². The van der Waals surface area contributed by atoms with Gasteiger partial charge in [-0.2, -0.15) is 0 Å². The van der Waals surface area contributed by atoms with Gasteiger partial charge in [0.1, 0.15) is 34.5 Å². The van der Waals surface area contributed by atoms with Crippen LogP contribution in [0.1, 0.15) is 29.0 Å². The van der Waals surface area contributed by atoms with Gasteiger partial charge >= 0.3 is 5.97 Å². The number of phenols is 2. The van der Waals surface area contributed by atoms with Crippen LogP contribution in [0.2, 0.25) is 0 Å². The number of fused-ring (bicyclic) bond motifs is 3. The van der Waals surface area contributed by atoms with Gasteiger partial charge < -0.3 is 19.4 Å². The molecule has 6 heteroatoms. The van der Waals surface area contributed by atoms with Crippen LogP contribution in [0.4, 0.5) is 0 Å². The van der Waals surface area contributed by atoms with E-state index in [-0.39, 0.29) is 46.1 Å². The number of hydrogen-bond acceptors (Lipinski definition) is 6. The summed E-state index contributed by atoms with van der Waals surface area (Å²) in [4.78, 5) is 25.5. The van der Waals surface area contributed by atoms with Gasteiger partial charge in [-0.1, -0.05) is 42.0 Å². The standard InChI is InChI=1S/C25H18O6/c1-13-2-4-14(5-3-13)17-10-21(28)31-20-11-19(27)23-24(29)18(12-30-25(23)22(17)20)15-6-8-16(26)9-7-15/h2-9,11-12,17,26-27H,10H2,1H3. The zero-order valence-electron chi connectivity index (χ0n) is 16.6. The lowest BCUT2D eigenvalue weighted by molar-refractivity contribution is -0.135. The molecular formula is C25H18O6. The van der Waals surface area contributed by atoms with Crippen molar-refractivity contribution in [2.45, 2.75) is 19.3 Å². The van der Waals surface area contributed by atoms with Gasteiger partial charge in [0, 0.05) is 17.5 Å². The van der Waals surface area contributed by atoms with E-state index >= 15 is 0 Å². The molecule has 0 amide bonds. The average Bonchev–Trinajstić information content (AvgIpc) is 2.74. The topological polar surface area (TPSA) is 97.0 Å². The Morgan fingerprint density at radius 3 is 2.39 bits per heavy atom. The normalized spacial score (nSPS) is 15.5. The maximum absolute atomic E-state index is 13.3. The predicted molar refractivity (Wildman–Crippen MR) is 115 cm³/mol. The van der Waals surface area contributed by atoms with Gasteiger partial charge in [0.15, 0.2) is 0 Å². The van der Waals surface area contributed by atoms with Crippen LogP contribution >= 0.6 is 0 Å². The Balaban J connectivity index is 1.77. The third kappa shape index (κ3) is 3.13. The maximum Gasteiger partial charge on any atom is 0.312 e. The molecule has 1 aliphatic heterocycles. The number of ether oxygens (including phenoxy) is 1. The molecule has 0 bridgehead atoms. The van der Waals surface area contributed by atoms with Crippen LogP contribution in [-0.4, -0.2) is 16.2 Å². The van der Waals surface area contributed by atoms with Crippen molar-refractivity contribution in [3.8, 4) is 28.4 Å². The van der Waals surface area contributed by atoms with Crippen molar-refractivity contribution in [2.24, 2.45) is 0 Å². The Morgan fingerprint density at radius 2 is 1.68 bits per heavy atom. The van der Waals surface area contributed by atoms with Crippen molar-refractivity contribution in [1.29, 1.82) is 0 Å². The van der Waals surface area contributed by atoms with Crippen LogP contribution in [0, 0.1) is 6.92 Å². The first-order valence-corrected chi connectivity index (χ1v) is 9.80. The molecule has 0 radical (unpaired) electrons. The first kappa shape index (κ1) is 18.9. The monoisotopic (exact) mass is 414 g/mol. The lowest BCUT2D eigenvalue weighted by Crippen LogP contribution is -2.22. The fourth-order valence-corrected chi connectivity index (χ4v) is 4.06. The Kier molecular flexibility index (Phi) is 4.29. The summed E-state index contributed by atoms with van der Waals surface area (Å²) in [6.45, 7) is 1.98. The Labute approximate surface area is 177 Å². The average molecular weight is 414 g/mol. The van der Waals surface area contributed by atoms with Crippen LogP contribution in [0.5, 0.6) is 17.2 Å². The summed E-state index contributed by atoms with van der Waals surface area (Å²) >= 11 is 0. The molecule has 0 aliphatic carbocycles. The summed E-state index contributed by atoms with van der Waals surface area (Å²) in [5, 5.41) is 20.2. The fourth-order valence-electron chi connectivity index (χ4n) is 4.06. The summed E-state index contributed by atoms with van der Waals surface area (Å²) in [5.41, 5.74) is 3.12. The zero-order chi connectivity index (χ0) is 21.7.